The zero-order valence-corrected chi connectivity index (χ0v) is 14.7. The van der Waals surface area contributed by atoms with Gasteiger partial charge in [0.2, 0.25) is 5.78 Å². The lowest BCUT2D eigenvalue weighted by atomic mass is 10.2. The number of rotatable bonds is 4. The van der Waals surface area contributed by atoms with Crippen molar-refractivity contribution in [3.05, 3.63) is 53.5 Å². The lowest BCUT2D eigenvalue weighted by Gasteiger charge is -2.11. The van der Waals surface area contributed by atoms with Gasteiger partial charge in [0.25, 0.3) is 0 Å². The first-order valence-corrected chi connectivity index (χ1v) is 8.10. The van der Waals surface area contributed by atoms with Crippen molar-refractivity contribution in [3.63, 3.8) is 0 Å². The number of benzene rings is 1. The predicted molar refractivity (Wildman–Crippen MR) is 96.6 cm³/mol. The minimum atomic E-state index is 0.512. The average molecular weight is 347 g/mol. The van der Waals surface area contributed by atoms with E-state index in [2.05, 4.69) is 16.0 Å². The third kappa shape index (κ3) is 2.35. The van der Waals surface area contributed by atoms with Crippen LogP contribution in [0.25, 0.3) is 16.9 Å². The smallest absolute Gasteiger partial charge is 0.216 e. The van der Waals surface area contributed by atoms with Crippen molar-refractivity contribution >= 4 is 16.9 Å². The van der Waals surface area contributed by atoms with E-state index in [1.54, 1.807) is 26.5 Å². The molecule has 0 atom stereocenters. The minimum absolute atomic E-state index is 0.512. The summed E-state index contributed by atoms with van der Waals surface area (Å²) in [6.07, 6.45) is 3.57. The number of imidazole rings is 2. The topological polar surface area (TPSA) is 77.4 Å². The Morgan fingerprint density at radius 2 is 2.04 bits per heavy atom. The zero-order chi connectivity index (χ0) is 18.3. The van der Waals surface area contributed by atoms with E-state index >= 15 is 0 Å². The van der Waals surface area contributed by atoms with Gasteiger partial charge in [-0.05, 0) is 25.1 Å². The van der Waals surface area contributed by atoms with Crippen molar-refractivity contribution in [3.8, 4) is 17.6 Å². The number of methoxy groups -OCH3 is 2. The van der Waals surface area contributed by atoms with Crippen LogP contribution in [0, 0.1) is 18.3 Å². The molecule has 0 radical (unpaired) electrons. The molecule has 0 amide bonds. The molecule has 7 heteroatoms. The van der Waals surface area contributed by atoms with E-state index < -0.39 is 0 Å². The largest absolute Gasteiger partial charge is 0.497 e. The van der Waals surface area contributed by atoms with Crippen LogP contribution in [0.1, 0.15) is 16.8 Å². The summed E-state index contributed by atoms with van der Waals surface area (Å²) in [6.45, 7) is 2.44. The molecule has 26 heavy (non-hydrogen) atoms. The Bertz CT molecular complexity index is 1170. The Balaban J connectivity index is 1.95. The van der Waals surface area contributed by atoms with Gasteiger partial charge in [0, 0.05) is 24.0 Å². The lowest BCUT2D eigenvalue weighted by molar-refractivity contribution is 0.390. The van der Waals surface area contributed by atoms with E-state index in [1.807, 2.05) is 40.3 Å². The van der Waals surface area contributed by atoms with Gasteiger partial charge in [-0.1, -0.05) is 0 Å². The van der Waals surface area contributed by atoms with Crippen molar-refractivity contribution in [1.29, 1.82) is 5.26 Å². The van der Waals surface area contributed by atoms with Gasteiger partial charge in [0.1, 0.15) is 23.1 Å². The highest BCUT2D eigenvalue weighted by Crippen LogP contribution is 2.28. The Labute approximate surface area is 150 Å². The van der Waals surface area contributed by atoms with Crippen LogP contribution in [0.4, 0.5) is 0 Å². The van der Waals surface area contributed by atoms with E-state index in [0.29, 0.717) is 17.8 Å². The molecule has 3 aromatic heterocycles. The highest BCUT2D eigenvalue weighted by atomic mass is 16.5. The molecule has 3 heterocycles. The summed E-state index contributed by atoms with van der Waals surface area (Å²) < 4.78 is 14.7. The quantitative estimate of drug-likeness (QED) is 0.567. The molecule has 4 rings (SSSR count). The van der Waals surface area contributed by atoms with Gasteiger partial charge in [-0.2, -0.15) is 5.26 Å². The molecule has 130 valence electrons. The molecule has 1 aromatic carbocycles. The SMILES string of the molecule is COc1ccc(Cn2c3nccc(C#N)c3n3cc(C)nc23)c(OC)c1. The maximum atomic E-state index is 9.49. The number of aryl methyl sites for hydroxylation is 1. The summed E-state index contributed by atoms with van der Waals surface area (Å²) >= 11 is 0. The van der Waals surface area contributed by atoms with Gasteiger partial charge in [0.05, 0.1) is 32.0 Å². The number of ether oxygens (including phenoxy) is 2. The lowest BCUT2D eigenvalue weighted by Crippen LogP contribution is -2.04. The van der Waals surface area contributed by atoms with Crippen molar-refractivity contribution in [2.45, 2.75) is 13.5 Å². The van der Waals surface area contributed by atoms with Crippen LogP contribution in [0.5, 0.6) is 11.5 Å². The summed E-state index contributed by atoms with van der Waals surface area (Å²) in [6, 6.07) is 9.67. The molecule has 0 aliphatic heterocycles. The fourth-order valence-corrected chi connectivity index (χ4v) is 3.20. The third-order valence-corrected chi connectivity index (χ3v) is 4.39. The molecule has 0 saturated carbocycles. The van der Waals surface area contributed by atoms with Crippen LogP contribution < -0.4 is 9.47 Å². The molecule has 0 N–H and O–H groups in total. The maximum Gasteiger partial charge on any atom is 0.216 e. The molecule has 0 unspecified atom stereocenters. The summed E-state index contributed by atoms with van der Waals surface area (Å²) in [5, 5.41) is 9.49. The van der Waals surface area contributed by atoms with Crippen LogP contribution in [-0.4, -0.2) is 33.2 Å². The fraction of sp³-hybridized carbons (Fsp3) is 0.211. The Morgan fingerprint density at radius 3 is 2.77 bits per heavy atom. The summed E-state index contributed by atoms with van der Waals surface area (Å²) in [5.74, 6) is 2.20. The Morgan fingerprint density at radius 1 is 1.19 bits per heavy atom. The predicted octanol–water partition coefficient (Wildman–Crippen LogP) is 2.93. The Hall–Kier alpha value is -3.53. The molecule has 0 saturated heterocycles. The normalized spacial score (nSPS) is 11.0. The monoisotopic (exact) mass is 347 g/mol. The second-order valence-corrected chi connectivity index (χ2v) is 5.96. The summed E-state index contributed by atoms with van der Waals surface area (Å²) in [7, 11) is 3.26. The number of fused-ring (bicyclic) bond motifs is 3. The summed E-state index contributed by atoms with van der Waals surface area (Å²) in [4.78, 5) is 9.12. The molecule has 7 nitrogen and oxygen atoms in total. The second-order valence-electron chi connectivity index (χ2n) is 5.96. The molecule has 4 aromatic rings. The molecule has 0 aliphatic carbocycles. The summed E-state index contributed by atoms with van der Waals surface area (Å²) in [5.41, 5.74) is 3.89. The molecular formula is C19H17N5O2. The molecule has 0 aliphatic rings. The number of hydrogen-bond donors (Lipinski definition) is 0. The third-order valence-electron chi connectivity index (χ3n) is 4.39. The van der Waals surface area contributed by atoms with Crippen molar-refractivity contribution in [1.82, 2.24) is 18.9 Å². The average Bonchev–Trinajstić information content (AvgIpc) is 3.18. The standard InChI is InChI=1S/C19H17N5O2/c1-12-10-23-17-13(9-20)6-7-21-18(17)24(19(23)22-12)11-14-4-5-15(25-2)8-16(14)26-3/h4-8,10H,11H2,1-3H3. The molecule has 0 spiro atoms. The van der Waals surface area contributed by atoms with E-state index in [0.717, 1.165) is 34.1 Å². The van der Waals surface area contributed by atoms with E-state index in [-0.39, 0.29) is 0 Å². The minimum Gasteiger partial charge on any atom is -0.497 e. The van der Waals surface area contributed by atoms with Crippen LogP contribution >= 0.6 is 0 Å². The number of nitrogens with zero attached hydrogens (tertiary/aromatic N) is 5. The number of hydrogen-bond acceptors (Lipinski definition) is 5. The first-order valence-electron chi connectivity index (χ1n) is 8.10. The highest BCUT2D eigenvalue weighted by Gasteiger charge is 2.18. The van der Waals surface area contributed by atoms with Gasteiger partial charge in [-0.25, -0.2) is 9.97 Å². The molecule has 0 fully saturated rings. The van der Waals surface area contributed by atoms with E-state index in [4.69, 9.17) is 9.47 Å². The van der Waals surface area contributed by atoms with Gasteiger partial charge < -0.3 is 9.47 Å². The van der Waals surface area contributed by atoms with Crippen LogP contribution in [0.3, 0.4) is 0 Å². The zero-order valence-electron chi connectivity index (χ0n) is 14.7. The Kier molecular flexibility index (Phi) is 3.73. The van der Waals surface area contributed by atoms with Crippen molar-refractivity contribution < 1.29 is 9.47 Å². The number of pyridine rings is 1. The van der Waals surface area contributed by atoms with Gasteiger partial charge in [-0.3, -0.25) is 8.97 Å². The van der Waals surface area contributed by atoms with E-state index in [1.165, 1.54) is 0 Å². The van der Waals surface area contributed by atoms with Crippen molar-refractivity contribution in [2.24, 2.45) is 0 Å². The number of aromatic nitrogens is 4. The van der Waals surface area contributed by atoms with E-state index in [9.17, 15) is 5.26 Å². The van der Waals surface area contributed by atoms with Gasteiger partial charge in [0.15, 0.2) is 5.65 Å². The number of nitriles is 1. The fourth-order valence-electron chi connectivity index (χ4n) is 3.20. The first kappa shape index (κ1) is 16.0. The molecule has 0 bridgehead atoms. The van der Waals surface area contributed by atoms with Gasteiger partial charge >= 0.3 is 0 Å². The van der Waals surface area contributed by atoms with Crippen LogP contribution in [-0.2, 0) is 6.54 Å². The van der Waals surface area contributed by atoms with Crippen LogP contribution in [0.2, 0.25) is 0 Å². The van der Waals surface area contributed by atoms with Crippen LogP contribution in [0.15, 0.2) is 36.7 Å². The van der Waals surface area contributed by atoms with Crippen molar-refractivity contribution in [2.75, 3.05) is 14.2 Å². The van der Waals surface area contributed by atoms with Gasteiger partial charge in [-0.15, -0.1) is 0 Å². The maximum absolute atomic E-state index is 9.49. The first-order chi connectivity index (χ1) is 12.7. The highest BCUT2D eigenvalue weighted by molar-refractivity contribution is 5.83. The molecular weight excluding hydrogens is 330 g/mol. The second kappa shape index (κ2) is 6.08.